The van der Waals surface area contributed by atoms with Crippen LogP contribution < -0.4 is 20.7 Å². The summed E-state index contributed by atoms with van der Waals surface area (Å²) in [6, 6.07) is 7.39. The third-order valence-corrected chi connectivity index (χ3v) is 7.69. The highest BCUT2D eigenvalue weighted by Crippen LogP contribution is 2.36. The van der Waals surface area contributed by atoms with Crippen LogP contribution in [0.4, 0.5) is 30.4 Å². The summed E-state index contributed by atoms with van der Waals surface area (Å²) in [5.74, 6) is -0.677. The molecule has 0 bridgehead atoms. The minimum absolute atomic E-state index is 0.0556. The second-order valence-corrected chi connectivity index (χ2v) is 10.3. The van der Waals surface area contributed by atoms with Crippen molar-refractivity contribution < 1.29 is 18.0 Å². The summed E-state index contributed by atoms with van der Waals surface area (Å²) in [6.07, 6.45) is 1.75. The molecule has 1 amide bonds. The molecule has 1 saturated heterocycles. The van der Waals surface area contributed by atoms with Gasteiger partial charge < -0.3 is 25.0 Å². The minimum atomic E-state index is -3.04. The molecule has 0 radical (unpaired) electrons. The number of likely N-dealkylation sites (N-methyl/N-ethyl adjacent to an activating group) is 1. The number of H-pyrrole nitrogens is 1. The molecule has 218 valence electrons. The van der Waals surface area contributed by atoms with Gasteiger partial charge in [-0.3, -0.25) is 9.59 Å². The van der Waals surface area contributed by atoms with Crippen LogP contribution >= 0.6 is 0 Å². The Morgan fingerprint density at radius 2 is 2.02 bits per heavy atom. The Hall–Kier alpha value is -4.70. The molecule has 0 unspecified atom stereocenters. The summed E-state index contributed by atoms with van der Waals surface area (Å²) in [5, 5.41) is 11.8. The average Bonchev–Trinajstić information content (AvgIpc) is 2.99. The number of hydrogen-bond acceptors (Lipinski definition) is 8. The van der Waals surface area contributed by atoms with Gasteiger partial charge in [0.25, 0.3) is 12.3 Å². The average molecular weight is 579 g/mol. The zero-order valence-corrected chi connectivity index (χ0v) is 23.1. The number of carbonyl (C=O) groups excluding carboxylic acids is 1. The quantitative estimate of drug-likeness (QED) is 0.453. The first-order chi connectivity index (χ1) is 20.1. The number of amides is 1. The van der Waals surface area contributed by atoms with Crippen LogP contribution in [0.5, 0.6) is 0 Å². The van der Waals surface area contributed by atoms with E-state index in [1.807, 2.05) is 35.9 Å². The molecular formula is C29H29F3N8O2. The number of carbonyl (C=O) groups is 1. The Bertz CT molecular complexity index is 1630. The lowest BCUT2D eigenvalue weighted by Gasteiger charge is -2.40. The summed E-state index contributed by atoms with van der Waals surface area (Å²) >= 11 is 0. The largest absolute Gasteiger partial charge is 0.367 e. The van der Waals surface area contributed by atoms with Gasteiger partial charge in [-0.2, -0.15) is 5.26 Å². The van der Waals surface area contributed by atoms with Crippen LogP contribution in [0.3, 0.4) is 0 Å². The fourth-order valence-corrected chi connectivity index (χ4v) is 5.19. The minimum Gasteiger partial charge on any atom is -0.367 e. The molecule has 4 heterocycles. The third-order valence-electron chi connectivity index (χ3n) is 7.69. The maximum atomic E-state index is 15.7. The number of benzene rings is 1. The number of pyridine rings is 1. The summed E-state index contributed by atoms with van der Waals surface area (Å²) in [7, 11) is 2.00. The van der Waals surface area contributed by atoms with Gasteiger partial charge in [0, 0.05) is 68.4 Å². The summed E-state index contributed by atoms with van der Waals surface area (Å²) in [6.45, 7) is 4.81. The number of halogens is 3. The van der Waals surface area contributed by atoms with Crippen molar-refractivity contribution in [1.82, 2.24) is 19.9 Å². The van der Waals surface area contributed by atoms with Gasteiger partial charge in [-0.1, -0.05) is 6.08 Å². The molecule has 2 aliphatic heterocycles. The fourth-order valence-electron chi connectivity index (χ4n) is 5.19. The molecule has 2 aliphatic rings. The lowest BCUT2D eigenvalue weighted by Crippen LogP contribution is -2.50. The summed E-state index contributed by atoms with van der Waals surface area (Å²) < 4.78 is 43.1. The monoisotopic (exact) mass is 578 g/mol. The molecular weight excluding hydrogens is 549 g/mol. The van der Waals surface area contributed by atoms with Crippen LogP contribution in [0, 0.1) is 17.1 Å². The first-order valence-electron chi connectivity index (χ1n) is 13.4. The van der Waals surface area contributed by atoms with Gasteiger partial charge in [0.15, 0.2) is 0 Å². The van der Waals surface area contributed by atoms with E-state index >= 15 is 4.39 Å². The number of alkyl halides is 2. The van der Waals surface area contributed by atoms with Crippen molar-refractivity contribution in [3.8, 4) is 6.07 Å². The lowest BCUT2D eigenvalue weighted by molar-refractivity contribution is 0.101. The van der Waals surface area contributed by atoms with Crippen molar-refractivity contribution >= 4 is 28.7 Å². The highest BCUT2D eigenvalue weighted by atomic mass is 19.3. The number of rotatable bonds is 6. The zero-order valence-electron chi connectivity index (χ0n) is 23.1. The highest BCUT2D eigenvalue weighted by Gasteiger charge is 2.27. The zero-order chi connectivity index (χ0) is 30.0. The van der Waals surface area contributed by atoms with Gasteiger partial charge in [0.2, 0.25) is 11.4 Å². The van der Waals surface area contributed by atoms with Crippen molar-refractivity contribution in [1.29, 1.82) is 5.26 Å². The lowest BCUT2D eigenvalue weighted by atomic mass is 9.97. The van der Waals surface area contributed by atoms with Gasteiger partial charge >= 0.3 is 0 Å². The topological polar surface area (TPSA) is 121 Å². The first-order valence-corrected chi connectivity index (χ1v) is 13.4. The summed E-state index contributed by atoms with van der Waals surface area (Å²) in [5.41, 5.74) is -0.0960. The van der Waals surface area contributed by atoms with E-state index in [1.165, 1.54) is 12.3 Å². The van der Waals surface area contributed by atoms with E-state index in [1.54, 1.807) is 12.1 Å². The highest BCUT2D eigenvalue weighted by molar-refractivity contribution is 6.07. The maximum Gasteiger partial charge on any atom is 0.264 e. The van der Waals surface area contributed by atoms with Crippen molar-refractivity contribution in [3.63, 3.8) is 0 Å². The predicted molar refractivity (Wildman–Crippen MR) is 152 cm³/mol. The molecule has 0 saturated carbocycles. The van der Waals surface area contributed by atoms with E-state index in [0.717, 1.165) is 6.20 Å². The number of nitrogens with one attached hydrogen (secondary N) is 2. The van der Waals surface area contributed by atoms with E-state index in [0.29, 0.717) is 62.3 Å². The molecule has 2 aromatic heterocycles. The van der Waals surface area contributed by atoms with Crippen molar-refractivity contribution in [2.24, 2.45) is 0 Å². The van der Waals surface area contributed by atoms with E-state index in [2.05, 4.69) is 25.2 Å². The third kappa shape index (κ3) is 5.99. The fraction of sp³-hybridized carbons (Fsp3) is 0.345. The van der Waals surface area contributed by atoms with Crippen LogP contribution in [0.1, 0.15) is 47.1 Å². The van der Waals surface area contributed by atoms with Gasteiger partial charge in [-0.15, -0.1) is 0 Å². The SMILES string of the molecule is C[C@@H]1CN(c2cc(F)c(C3=CCN(c4ccnc(C#N)n4)CC3)cc2NC(=O)c2c[nH]c(=O)cc2C(F)F)CCN1C. The van der Waals surface area contributed by atoms with Crippen molar-refractivity contribution in [2.75, 3.05) is 54.9 Å². The van der Waals surface area contributed by atoms with Gasteiger partial charge in [-0.05, 0) is 44.2 Å². The normalized spacial score (nSPS) is 17.6. The van der Waals surface area contributed by atoms with Crippen LogP contribution in [0.2, 0.25) is 0 Å². The second-order valence-electron chi connectivity index (χ2n) is 10.3. The van der Waals surface area contributed by atoms with Crippen LogP contribution in [-0.2, 0) is 0 Å². The van der Waals surface area contributed by atoms with Crippen molar-refractivity contribution in [2.45, 2.75) is 25.8 Å². The Labute approximate surface area is 240 Å². The van der Waals surface area contributed by atoms with Gasteiger partial charge in [0.1, 0.15) is 17.7 Å². The molecule has 13 heteroatoms. The van der Waals surface area contributed by atoms with Gasteiger partial charge in [0.05, 0.1) is 16.9 Å². The van der Waals surface area contributed by atoms with E-state index in [4.69, 9.17) is 5.26 Å². The molecule has 2 N–H and O–H groups in total. The molecule has 1 aromatic carbocycles. The molecule has 42 heavy (non-hydrogen) atoms. The molecule has 1 fully saturated rings. The van der Waals surface area contributed by atoms with Gasteiger partial charge in [-0.25, -0.2) is 23.1 Å². The van der Waals surface area contributed by atoms with E-state index in [9.17, 15) is 18.4 Å². The number of aromatic nitrogens is 3. The maximum absolute atomic E-state index is 15.7. The standard InChI is InChI=1S/C29H29F3N8O2/c1-17-16-40(10-9-38(17)2)24-13-22(30)19(18-4-7-39(8-5-18)26-3-6-34-25(14-33)37-26)11-23(24)36-29(42)21-15-35-27(41)12-20(21)28(31)32/h3-4,6,11-13,15,17,28H,5,7-10,16H2,1-2H3,(H,35,41)(H,36,42)/t17-/m1/s1. The number of hydrogen-bond donors (Lipinski definition) is 2. The number of anilines is 3. The first kappa shape index (κ1) is 28.8. The van der Waals surface area contributed by atoms with Crippen LogP contribution in [0.15, 0.2) is 47.5 Å². The summed E-state index contributed by atoms with van der Waals surface area (Å²) in [4.78, 5) is 41.4. The molecule has 0 spiro atoms. The van der Waals surface area contributed by atoms with E-state index in [-0.39, 0.29) is 28.7 Å². The molecule has 3 aromatic rings. The molecule has 1 atom stereocenters. The Balaban J connectivity index is 1.49. The Morgan fingerprint density at radius 3 is 2.71 bits per heavy atom. The second kappa shape index (κ2) is 12.0. The number of nitrogens with zero attached hydrogens (tertiary/aromatic N) is 6. The molecule has 5 rings (SSSR count). The Morgan fingerprint density at radius 1 is 1.21 bits per heavy atom. The number of aromatic amines is 1. The van der Waals surface area contributed by atoms with E-state index < -0.39 is 29.3 Å². The smallest absolute Gasteiger partial charge is 0.264 e. The number of piperazine rings is 1. The van der Waals surface area contributed by atoms with Crippen LogP contribution in [-0.4, -0.2) is 71.6 Å². The van der Waals surface area contributed by atoms with Crippen LogP contribution in [0.25, 0.3) is 5.57 Å². The molecule has 10 nitrogen and oxygen atoms in total. The van der Waals surface area contributed by atoms with Crippen molar-refractivity contribution in [3.05, 3.63) is 81.4 Å². The number of nitriles is 1. The molecule has 0 aliphatic carbocycles. The predicted octanol–water partition coefficient (Wildman–Crippen LogP) is 3.80. The Kier molecular flexibility index (Phi) is 8.26.